The zero-order valence-corrected chi connectivity index (χ0v) is 5.57. The monoisotopic (exact) mass is 150 g/mol. The van der Waals surface area contributed by atoms with E-state index in [1.54, 1.807) is 12.3 Å². The molecule has 0 aliphatic carbocycles. The fraction of sp³-hybridized carbons (Fsp3) is 0. The molecular formula is C6H6N4O. The SMILES string of the molecule is Nc1nc(O)c2cc[nH]c2n1. The Hall–Kier alpha value is -1.78. The molecule has 4 N–H and O–H groups in total. The van der Waals surface area contributed by atoms with Crippen LogP contribution < -0.4 is 5.73 Å². The van der Waals surface area contributed by atoms with E-state index >= 15 is 0 Å². The highest BCUT2D eigenvalue weighted by Crippen LogP contribution is 2.19. The van der Waals surface area contributed by atoms with Crippen molar-refractivity contribution in [1.82, 2.24) is 15.0 Å². The van der Waals surface area contributed by atoms with E-state index in [9.17, 15) is 5.11 Å². The van der Waals surface area contributed by atoms with Gasteiger partial charge in [-0.2, -0.15) is 9.97 Å². The summed E-state index contributed by atoms with van der Waals surface area (Å²) in [7, 11) is 0. The summed E-state index contributed by atoms with van der Waals surface area (Å²) in [5, 5.41) is 9.77. The zero-order chi connectivity index (χ0) is 7.84. The van der Waals surface area contributed by atoms with Crippen LogP contribution in [0.15, 0.2) is 12.3 Å². The first kappa shape index (κ1) is 5.96. The maximum absolute atomic E-state index is 9.19. The van der Waals surface area contributed by atoms with Crippen molar-refractivity contribution in [3.8, 4) is 5.88 Å². The Morgan fingerprint density at radius 2 is 2.27 bits per heavy atom. The van der Waals surface area contributed by atoms with Crippen molar-refractivity contribution < 1.29 is 5.11 Å². The first-order valence-corrected chi connectivity index (χ1v) is 3.07. The van der Waals surface area contributed by atoms with Crippen molar-refractivity contribution in [2.75, 3.05) is 5.73 Å². The smallest absolute Gasteiger partial charge is 0.225 e. The second-order valence-corrected chi connectivity index (χ2v) is 2.15. The summed E-state index contributed by atoms with van der Waals surface area (Å²) in [5.74, 6) is -0.0220. The van der Waals surface area contributed by atoms with E-state index in [1.807, 2.05) is 0 Å². The normalized spacial score (nSPS) is 10.5. The fourth-order valence-electron chi connectivity index (χ4n) is 0.942. The molecule has 0 amide bonds. The number of aromatic hydroxyl groups is 1. The Morgan fingerprint density at radius 3 is 3.09 bits per heavy atom. The molecule has 0 spiro atoms. The van der Waals surface area contributed by atoms with E-state index in [0.717, 1.165) is 0 Å². The summed E-state index contributed by atoms with van der Waals surface area (Å²) in [4.78, 5) is 10.2. The van der Waals surface area contributed by atoms with E-state index in [4.69, 9.17) is 5.73 Å². The predicted octanol–water partition coefficient (Wildman–Crippen LogP) is 0.246. The summed E-state index contributed by atoms with van der Waals surface area (Å²) in [6, 6.07) is 1.68. The van der Waals surface area contributed by atoms with Crippen molar-refractivity contribution in [3.05, 3.63) is 12.3 Å². The lowest BCUT2D eigenvalue weighted by molar-refractivity contribution is 0.460. The van der Waals surface area contributed by atoms with Gasteiger partial charge in [-0.3, -0.25) is 0 Å². The number of nitrogens with zero attached hydrogens (tertiary/aromatic N) is 2. The van der Waals surface area contributed by atoms with Crippen LogP contribution in [-0.4, -0.2) is 20.1 Å². The molecule has 0 saturated carbocycles. The highest BCUT2D eigenvalue weighted by molar-refractivity contribution is 5.81. The molecule has 0 aromatic carbocycles. The van der Waals surface area contributed by atoms with Gasteiger partial charge in [-0.1, -0.05) is 0 Å². The Morgan fingerprint density at radius 1 is 1.45 bits per heavy atom. The third-order valence-corrected chi connectivity index (χ3v) is 1.41. The molecule has 2 aromatic heterocycles. The Labute approximate surface area is 61.9 Å². The Kier molecular flexibility index (Phi) is 1.00. The van der Waals surface area contributed by atoms with Crippen LogP contribution in [0.3, 0.4) is 0 Å². The van der Waals surface area contributed by atoms with Gasteiger partial charge in [-0.25, -0.2) is 0 Å². The van der Waals surface area contributed by atoms with Gasteiger partial charge in [0, 0.05) is 6.20 Å². The highest BCUT2D eigenvalue weighted by Gasteiger charge is 2.03. The molecule has 0 unspecified atom stereocenters. The summed E-state index contributed by atoms with van der Waals surface area (Å²) >= 11 is 0. The highest BCUT2D eigenvalue weighted by atomic mass is 16.3. The van der Waals surface area contributed by atoms with E-state index in [-0.39, 0.29) is 11.8 Å². The van der Waals surface area contributed by atoms with Crippen LogP contribution in [0.1, 0.15) is 0 Å². The molecule has 0 aliphatic rings. The van der Waals surface area contributed by atoms with Crippen molar-refractivity contribution >= 4 is 17.0 Å². The summed E-state index contributed by atoms with van der Waals surface area (Å²) < 4.78 is 0. The number of nitrogens with two attached hydrogens (primary N) is 1. The van der Waals surface area contributed by atoms with Gasteiger partial charge in [0.25, 0.3) is 0 Å². The van der Waals surface area contributed by atoms with Gasteiger partial charge in [-0.05, 0) is 6.07 Å². The Balaban J connectivity index is 2.91. The van der Waals surface area contributed by atoms with Gasteiger partial charge in [-0.15, -0.1) is 0 Å². The minimum absolute atomic E-state index is 0.0671. The van der Waals surface area contributed by atoms with Crippen molar-refractivity contribution in [2.24, 2.45) is 0 Å². The van der Waals surface area contributed by atoms with Crippen LogP contribution >= 0.6 is 0 Å². The van der Waals surface area contributed by atoms with Gasteiger partial charge in [0.1, 0.15) is 5.65 Å². The van der Waals surface area contributed by atoms with Gasteiger partial charge in [0.2, 0.25) is 11.8 Å². The third kappa shape index (κ3) is 0.778. The predicted molar refractivity (Wildman–Crippen MR) is 40.0 cm³/mol. The van der Waals surface area contributed by atoms with Gasteiger partial charge < -0.3 is 15.8 Å². The van der Waals surface area contributed by atoms with Gasteiger partial charge in [0.05, 0.1) is 5.39 Å². The number of aromatic nitrogens is 3. The molecular weight excluding hydrogens is 144 g/mol. The molecule has 2 rings (SSSR count). The molecule has 0 fully saturated rings. The van der Waals surface area contributed by atoms with E-state index in [2.05, 4.69) is 15.0 Å². The first-order chi connectivity index (χ1) is 5.27. The van der Waals surface area contributed by atoms with Gasteiger partial charge >= 0.3 is 0 Å². The van der Waals surface area contributed by atoms with E-state index in [1.165, 1.54) is 0 Å². The van der Waals surface area contributed by atoms with Gasteiger partial charge in [0.15, 0.2) is 0 Å². The molecule has 56 valence electrons. The first-order valence-electron chi connectivity index (χ1n) is 3.07. The van der Waals surface area contributed by atoms with Crippen molar-refractivity contribution in [1.29, 1.82) is 0 Å². The minimum atomic E-state index is -0.0891. The maximum atomic E-state index is 9.19. The van der Waals surface area contributed by atoms with Crippen molar-refractivity contribution in [2.45, 2.75) is 0 Å². The van der Waals surface area contributed by atoms with Crippen LogP contribution in [-0.2, 0) is 0 Å². The van der Waals surface area contributed by atoms with Crippen molar-refractivity contribution in [3.63, 3.8) is 0 Å². The number of hydrogen-bond acceptors (Lipinski definition) is 4. The second-order valence-electron chi connectivity index (χ2n) is 2.15. The Bertz CT molecular complexity index is 394. The molecule has 0 atom stereocenters. The molecule has 0 radical (unpaired) electrons. The number of H-pyrrole nitrogens is 1. The van der Waals surface area contributed by atoms with Crippen LogP contribution in [0.5, 0.6) is 5.88 Å². The standard InChI is InChI=1S/C6H6N4O/c7-6-9-4-3(1-2-8-4)5(11)10-6/h1-2H,(H4,7,8,9,10,11). The van der Waals surface area contributed by atoms with Crippen LogP contribution in [0.4, 0.5) is 5.95 Å². The number of rotatable bonds is 0. The average Bonchev–Trinajstić information content (AvgIpc) is 2.34. The van der Waals surface area contributed by atoms with Crippen LogP contribution in [0, 0.1) is 0 Å². The lowest BCUT2D eigenvalue weighted by Gasteiger charge is -1.94. The van der Waals surface area contributed by atoms with E-state index in [0.29, 0.717) is 11.0 Å². The number of hydrogen-bond donors (Lipinski definition) is 3. The second kappa shape index (κ2) is 1.85. The average molecular weight is 150 g/mol. The minimum Gasteiger partial charge on any atom is -0.493 e. The molecule has 0 aliphatic heterocycles. The quantitative estimate of drug-likeness (QED) is 0.502. The molecule has 2 aromatic rings. The molecule has 2 heterocycles. The third-order valence-electron chi connectivity index (χ3n) is 1.41. The molecule has 0 saturated heterocycles. The lowest BCUT2D eigenvalue weighted by Crippen LogP contribution is -1.93. The number of fused-ring (bicyclic) bond motifs is 1. The largest absolute Gasteiger partial charge is 0.493 e. The summed E-state index contributed by atoms with van der Waals surface area (Å²) in [6.45, 7) is 0. The number of nitrogens with one attached hydrogen (secondary N) is 1. The topological polar surface area (TPSA) is 87.8 Å². The van der Waals surface area contributed by atoms with Crippen LogP contribution in [0.2, 0.25) is 0 Å². The molecule has 0 bridgehead atoms. The number of nitrogen functional groups attached to an aromatic ring is 1. The lowest BCUT2D eigenvalue weighted by atomic mass is 10.4. The molecule has 5 nitrogen and oxygen atoms in total. The zero-order valence-electron chi connectivity index (χ0n) is 5.57. The van der Waals surface area contributed by atoms with E-state index < -0.39 is 0 Å². The fourth-order valence-corrected chi connectivity index (χ4v) is 0.942. The number of aromatic amines is 1. The molecule has 5 heteroatoms. The summed E-state index contributed by atoms with van der Waals surface area (Å²) in [6.07, 6.45) is 1.67. The van der Waals surface area contributed by atoms with Crippen LogP contribution in [0.25, 0.3) is 11.0 Å². The number of anilines is 1. The summed E-state index contributed by atoms with van der Waals surface area (Å²) in [5.41, 5.74) is 5.83. The maximum Gasteiger partial charge on any atom is 0.225 e. The molecule has 11 heavy (non-hydrogen) atoms.